The van der Waals surface area contributed by atoms with Crippen molar-refractivity contribution in [3.05, 3.63) is 43.0 Å². The van der Waals surface area contributed by atoms with Gasteiger partial charge in [-0.2, -0.15) is 5.10 Å². The predicted molar refractivity (Wildman–Crippen MR) is 146 cm³/mol. The second kappa shape index (κ2) is 9.66. The van der Waals surface area contributed by atoms with Crippen molar-refractivity contribution < 1.29 is 4.74 Å². The number of piperazine rings is 1. The third-order valence-corrected chi connectivity index (χ3v) is 7.46. The fourth-order valence-electron chi connectivity index (χ4n) is 5.27. The van der Waals surface area contributed by atoms with Crippen LogP contribution in [0.2, 0.25) is 0 Å². The van der Waals surface area contributed by atoms with Crippen molar-refractivity contribution in [2.75, 3.05) is 51.2 Å². The number of hydrogen-bond acceptors (Lipinski definition) is 9. The van der Waals surface area contributed by atoms with E-state index in [0.717, 1.165) is 96.9 Å². The van der Waals surface area contributed by atoms with Gasteiger partial charge >= 0.3 is 0 Å². The molecular weight excluding hydrogens is 480 g/mol. The number of aromatic nitrogens is 7. The number of anilines is 1. The summed E-state index contributed by atoms with van der Waals surface area (Å²) in [6.07, 6.45) is 9.51. The molecule has 2 aliphatic rings. The van der Waals surface area contributed by atoms with Crippen LogP contribution in [0.1, 0.15) is 12.8 Å². The van der Waals surface area contributed by atoms with Crippen LogP contribution in [0.15, 0.2) is 43.0 Å². The summed E-state index contributed by atoms with van der Waals surface area (Å²) in [6.45, 7) is 5.84. The molecule has 0 radical (unpaired) electrons. The van der Waals surface area contributed by atoms with Gasteiger partial charge in [-0.3, -0.25) is 10.1 Å². The van der Waals surface area contributed by atoms with Gasteiger partial charge in [-0.1, -0.05) is 0 Å². The van der Waals surface area contributed by atoms with E-state index in [9.17, 15) is 0 Å². The van der Waals surface area contributed by atoms with E-state index in [1.165, 1.54) is 0 Å². The van der Waals surface area contributed by atoms with Crippen LogP contribution in [0.4, 0.5) is 5.82 Å². The number of ether oxygens (including phenoxy) is 1. The first kappa shape index (κ1) is 23.1. The van der Waals surface area contributed by atoms with Gasteiger partial charge in [-0.25, -0.2) is 15.0 Å². The van der Waals surface area contributed by atoms with Crippen LogP contribution in [0.3, 0.4) is 0 Å². The van der Waals surface area contributed by atoms with E-state index >= 15 is 0 Å². The molecule has 0 aliphatic carbocycles. The number of fused-ring (bicyclic) bond motifs is 2. The molecule has 5 aromatic rings. The Morgan fingerprint density at radius 1 is 0.974 bits per heavy atom. The van der Waals surface area contributed by atoms with Crippen LogP contribution in [-0.2, 0) is 0 Å². The van der Waals surface area contributed by atoms with Crippen molar-refractivity contribution in [3.63, 3.8) is 0 Å². The minimum absolute atomic E-state index is 0.215. The fraction of sp³-hybridized carbons (Fsp3) is 0.370. The fourth-order valence-corrected chi connectivity index (χ4v) is 5.27. The lowest BCUT2D eigenvalue weighted by Gasteiger charge is -2.33. The summed E-state index contributed by atoms with van der Waals surface area (Å²) < 4.78 is 6.21. The number of likely N-dealkylation sites (N-methyl/N-ethyl adjacent to an activating group) is 1. The van der Waals surface area contributed by atoms with E-state index in [-0.39, 0.29) is 6.10 Å². The standard InChI is InChI=1S/C27H30N10O/c1-36-8-10-37(11-9-36)27-24-22(4-7-30-27)32-26(33-24)23-21-13-18(15-31-25(21)35-34-23)17-12-20(16-29-14-17)38-19-2-5-28-6-3-19/h4,7,12-16,19,28H,2-3,5-6,8-11H2,1H3,(H,32,33)(H,31,34,35). The van der Waals surface area contributed by atoms with Crippen LogP contribution in [0.25, 0.3) is 44.7 Å². The van der Waals surface area contributed by atoms with Crippen LogP contribution in [-0.4, -0.2) is 92.4 Å². The van der Waals surface area contributed by atoms with Gasteiger partial charge in [-0.05, 0) is 51.2 Å². The minimum atomic E-state index is 0.215. The van der Waals surface area contributed by atoms with Gasteiger partial charge in [0.25, 0.3) is 0 Å². The molecule has 0 bridgehead atoms. The average molecular weight is 511 g/mol. The third kappa shape index (κ3) is 4.33. The lowest BCUT2D eigenvalue weighted by molar-refractivity contribution is 0.162. The smallest absolute Gasteiger partial charge is 0.159 e. The molecule has 11 nitrogen and oxygen atoms in total. The molecule has 7 rings (SSSR count). The van der Waals surface area contributed by atoms with Crippen molar-refractivity contribution in [2.24, 2.45) is 0 Å². The molecule has 194 valence electrons. The number of nitrogens with zero attached hydrogens (tertiary/aromatic N) is 7. The molecule has 2 saturated heterocycles. The highest BCUT2D eigenvalue weighted by Gasteiger charge is 2.21. The molecule has 7 heterocycles. The Hall–Kier alpha value is -4.09. The number of rotatable bonds is 5. The van der Waals surface area contributed by atoms with Gasteiger partial charge in [0, 0.05) is 55.9 Å². The van der Waals surface area contributed by atoms with Gasteiger partial charge in [-0.15, -0.1) is 0 Å². The summed E-state index contributed by atoms with van der Waals surface area (Å²) in [7, 11) is 2.15. The van der Waals surface area contributed by atoms with Crippen molar-refractivity contribution in [3.8, 4) is 28.4 Å². The van der Waals surface area contributed by atoms with Crippen molar-refractivity contribution in [1.29, 1.82) is 0 Å². The first-order valence-corrected chi connectivity index (χ1v) is 13.2. The minimum Gasteiger partial charge on any atom is -0.489 e. The number of H-pyrrole nitrogens is 2. The molecule has 0 amide bonds. The normalized spacial score (nSPS) is 17.4. The van der Waals surface area contributed by atoms with Gasteiger partial charge in [0.1, 0.15) is 23.1 Å². The monoisotopic (exact) mass is 510 g/mol. The first-order valence-electron chi connectivity index (χ1n) is 13.2. The summed E-state index contributed by atoms with van der Waals surface area (Å²) in [4.78, 5) is 26.8. The highest BCUT2D eigenvalue weighted by Crippen LogP contribution is 2.32. The number of aromatic amines is 2. The lowest BCUT2D eigenvalue weighted by Crippen LogP contribution is -2.44. The molecule has 0 saturated carbocycles. The second-order valence-electron chi connectivity index (χ2n) is 10.1. The van der Waals surface area contributed by atoms with Crippen LogP contribution in [0, 0.1) is 0 Å². The van der Waals surface area contributed by atoms with E-state index in [0.29, 0.717) is 11.5 Å². The highest BCUT2D eigenvalue weighted by atomic mass is 16.5. The molecule has 0 spiro atoms. The quantitative estimate of drug-likeness (QED) is 0.327. The van der Waals surface area contributed by atoms with Crippen LogP contribution < -0.4 is 15.0 Å². The maximum Gasteiger partial charge on any atom is 0.159 e. The molecule has 11 heteroatoms. The van der Waals surface area contributed by atoms with Crippen molar-refractivity contribution >= 4 is 27.9 Å². The van der Waals surface area contributed by atoms with Gasteiger partial charge < -0.3 is 24.8 Å². The Bertz CT molecular complexity index is 1580. The summed E-state index contributed by atoms with van der Waals surface area (Å²) in [6, 6.07) is 6.08. The molecule has 2 fully saturated rings. The summed E-state index contributed by atoms with van der Waals surface area (Å²) in [5.74, 6) is 2.38. The average Bonchev–Trinajstić information content (AvgIpc) is 3.58. The zero-order valence-corrected chi connectivity index (χ0v) is 21.3. The van der Waals surface area contributed by atoms with Gasteiger partial charge in [0.2, 0.25) is 0 Å². The third-order valence-electron chi connectivity index (χ3n) is 7.46. The molecule has 5 aromatic heterocycles. The van der Waals surface area contributed by atoms with Gasteiger partial charge in [0.05, 0.1) is 17.1 Å². The summed E-state index contributed by atoms with van der Waals surface area (Å²) in [5, 5.41) is 11.9. The molecule has 0 unspecified atom stereocenters. The molecular formula is C27H30N10O. The number of pyridine rings is 3. The van der Waals surface area contributed by atoms with E-state index in [2.05, 4.69) is 58.4 Å². The zero-order valence-electron chi connectivity index (χ0n) is 21.3. The van der Waals surface area contributed by atoms with E-state index in [4.69, 9.17) is 9.72 Å². The van der Waals surface area contributed by atoms with E-state index < -0.39 is 0 Å². The molecule has 0 aromatic carbocycles. The Morgan fingerprint density at radius 3 is 2.68 bits per heavy atom. The Balaban J connectivity index is 1.22. The number of imidazole rings is 1. The van der Waals surface area contributed by atoms with Gasteiger partial charge in [0.15, 0.2) is 17.3 Å². The summed E-state index contributed by atoms with van der Waals surface area (Å²) in [5.41, 5.74) is 5.13. The van der Waals surface area contributed by atoms with Crippen LogP contribution >= 0.6 is 0 Å². The van der Waals surface area contributed by atoms with Crippen molar-refractivity contribution in [2.45, 2.75) is 18.9 Å². The highest BCUT2D eigenvalue weighted by molar-refractivity contribution is 5.95. The SMILES string of the molecule is CN1CCN(c2nccc3[nH]c(-c4n[nH]c5ncc(-c6cncc(OC7CCNCC7)c6)cc45)nc23)CC1. The number of piperidine rings is 1. The topological polar surface area (TPSA) is 124 Å². The first-order chi connectivity index (χ1) is 18.7. The lowest BCUT2D eigenvalue weighted by atomic mass is 10.1. The van der Waals surface area contributed by atoms with E-state index in [1.807, 2.05) is 30.7 Å². The van der Waals surface area contributed by atoms with Crippen LogP contribution in [0.5, 0.6) is 5.75 Å². The van der Waals surface area contributed by atoms with Crippen molar-refractivity contribution in [1.82, 2.24) is 45.3 Å². The molecule has 0 atom stereocenters. The maximum absolute atomic E-state index is 6.21. The second-order valence-corrected chi connectivity index (χ2v) is 10.1. The maximum atomic E-state index is 6.21. The molecule has 2 aliphatic heterocycles. The predicted octanol–water partition coefficient (Wildman–Crippen LogP) is 2.84. The Kier molecular flexibility index (Phi) is 5.86. The molecule has 3 N–H and O–H groups in total. The Morgan fingerprint density at radius 2 is 1.82 bits per heavy atom. The van der Waals surface area contributed by atoms with E-state index in [1.54, 1.807) is 6.20 Å². The number of nitrogens with one attached hydrogen (secondary N) is 3. The molecule has 38 heavy (non-hydrogen) atoms. The number of hydrogen-bond donors (Lipinski definition) is 3. The zero-order chi connectivity index (χ0) is 25.5. The summed E-state index contributed by atoms with van der Waals surface area (Å²) >= 11 is 0. The Labute approximate surface area is 219 Å². The largest absolute Gasteiger partial charge is 0.489 e.